The van der Waals surface area contributed by atoms with E-state index in [-0.39, 0.29) is 5.54 Å². The molecule has 5 heteroatoms. The lowest BCUT2D eigenvalue weighted by Crippen LogP contribution is -2.23. The molecule has 0 N–H and O–H groups in total. The number of aromatic nitrogens is 2. The normalized spacial score (nSPS) is 11.6. The highest BCUT2D eigenvalue weighted by atomic mass is 35.5. The van der Waals surface area contributed by atoms with Gasteiger partial charge < -0.3 is 0 Å². The molecule has 0 aliphatic rings. The Morgan fingerprint density at radius 2 is 1.95 bits per heavy atom. The second-order valence-electron chi connectivity index (χ2n) is 5.26. The number of nitrogens with zero attached hydrogens (tertiary/aromatic N) is 2. The predicted octanol–water partition coefficient (Wildman–Crippen LogP) is 4.42. The van der Waals surface area contributed by atoms with E-state index in [4.69, 9.17) is 23.2 Å². The van der Waals surface area contributed by atoms with Crippen molar-refractivity contribution in [3.05, 3.63) is 40.0 Å². The van der Waals surface area contributed by atoms with E-state index in [1.807, 2.05) is 32.9 Å². The fourth-order valence-corrected chi connectivity index (χ4v) is 2.42. The lowest BCUT2D eigenvalue weighted by Gasteiger charge is -2.20. The van der Waals surface area contributed by atoms with Crippen LogP contribution in [0.3, 0.4) is 0 Å². The number of carbonyl (C=O) groups is 1. The van der Waals surface area contributed by atoms with E-state index in [1.54, 1.807) is 16.8 Å². The van der Waals surface area contributed by atoms with Gasteiger partial charge in [-0.2, -0.15) is 5.10 Å². The third-order valence-corrected chi connectivity index (χ3v) is 3.31. The standard InChI is InChI=1S/C14H14Cl2N2O/c1-14(2,3)18-13(16)11(8-19)12(17-18)9-5-4-6-10(15)7-9/h4-8H,1-3H3. The predicted molar refractivity (Wildman–Crippen MR) is 78.1 cm³/mol. The van der Waals surface area contributed by atoms with Crippen LogP contribution in [0.2, 0.25) is 10.2 Å². The number of halogens is 2. The van der Waals surface area contributed by atoms with Crippen molar-refractivity contribution in [1.29, 1.82) is 0 Å². The Morgan fingerprint density at radius 3 is 2.47 bits per heavy atom. The van der Waals surface area contributed by atoms with E-state index in [0.717, 1.165) is 11.8 Å². The Bertz CT molecular complexity index is 627. The minimum atomic E-state index is -0.300. The zero-order chi connectivity index (χ0) is 14.2. The van der Waals surface area contributed by atoms with Crippen molar-refractivity contribution in [3.8, 4) is 11.3 Å². The van der Waals surface area contributed by atoms with Crippen LogP contribution in [0.5, 0.6) is 0 Å². The molecule has 1 aromatic carbocycles. The first kappa shape index (κ1) is 14.1. The Kier molecular flexibility index (Phi) is 3.70. The molecule has 0 aliphatic heterocycles. The summed E-state index contributed by atoms with van der Waals surface area (Å²) in [6.07, 6.45) is 0.730. The molecule has 2 aromatic rings. The molecule has 1 aromatic heterocycles. The summed E-state index contributed by atoms with van der Waals surface area (Å²) in [5.41, 5.74) is 1.42. The highest BCUT2D eigenvalue weighted by molar-refractivity contribution is 6.33. The Morgan fingerprint density at radius 1 is 1.26 bits per heavy atom. The van der Waals surface area contributed by atoms with Crippen molar-refractivity contribution < 1.29 is 4.79 Å². The molecule has 19 heavy (non-hydrogen) atoms. The van der Waals surface area contributed by atoms with E-state index in [9.17, 15) is 4.79 Å². The van der Waals surface area contributed by atoms with E-state index in [0.29, 0.717) is 21.4 Å². The third-order valence-electron chi connectivity index (χ3n) is 2.71. The molecule has 0 atom stereocenters. The number of hydrogen-bond acceptors (Lipinski definition) is 2. The van der Waals surface area contributed by atoms with Crippen molar-refractivity contribution in [1.82, 2.24) is 9.78 Å². The van der Waals surface area contributed by atoms with Crippen LogP contribution in [0.15, 0.2) is 24.3 Å². The molecule has 0 unspecified atom stereocenters. The minimum absolute atomic E-state index is 0.300. The quantitative estimate of drug-likeness (QED) is 0.769. The van der Waals surface area contributed by atoms with Gasteiger partial charge in [-0.3, -0.25) is 4.79 Å². The van der Waals surface area contributed by atoms with Crippen molar-refractivity contribution in [2.75, 3.05) is 0 Å². The number of benzene rings is 1. The average molecular weight is 297 g/mol. The summed E-state index contributed by atoms with van der Waals surface area (Å²) in [6.45, 7) is 5.92. The topological polar surface area (TPSA) is 34.9 Å². The van der Waals surface area contributed by atoms with Crippen LogP contribution in [-0.4, -0.2) is 16.1 Å². The van der Waals surface area contributed by atoms with Crippen LogP contribution in [0.4, 0.5) is 0 Å². The number of hydrogen-bond donors (Lipinski definition) is 0. The SMILES string of the molecule is CC(C)(C)n1nc(-c2cccc(Cl)c2)c(C=O)c1Cl. The fourth-order valence-electron chi connectivity index (χ4n) is 1.81. The molecule has 3 nitrogen and oxygen atoms in total. The second kappa shape index (κ2) is 4.99. The summed E-state index contributed by atoms with van der Waals surface area (Å²) in [4.78, 5) is 11.3. The fraction of sp³-hybridized carbons (Fsp3) is 0.286. The Labute approximate surface area is 122 Å². The molecular formula is C14H14Cl2N2O. The summed E-state index contributed by atoms with van der Waals surface area (Å²) in [5, 5.41) is 5.40. The summed E-state index contributed by atoms with van der Waals surface area (Å²) >= 11 is 12.2. The Balaban J connectivity index is 2.68. The van der Waals surface area contributed by atoms with Crippen LogP contribution in [0.25, 0.3) is 11.3 Å². The van der Waals surface area contributed by atoms with Gasteiger partial charge in [0.25, 0.3) is 0 Å². The lowest BCUT2D eigenvalue weighted by molar-refractivity contribution is 0.112. The highest BCUT2D eigenvalue weighted by Gasteiger charge is 2.24. The smallest absolute Gasteiger partial charge is 0.155 e. The van der Waals surface area contributed by atoms with Gasteiger partial charge >= 0.3 is 0 Å². The van der Waals surface area contributed by atoms with Gasteiger partial charge in [-0.05, 0) is 32.9 Å². The molecule has 0 amide bonds. The van der Waals surface area contributed by atoms with Gasteiger partial charge in [0.2, 0.25) is 0 Å². The maximum atomic E-state index is 11.3. The molecule has 0 spiro atoms. The zero-order valence-electron chi connectivity index (χ0n) is 10.9. The number of rotatable bonds is 2. The van der Waals surface area contributed by atoms with Crippen molar-refractivity contribution in [2.45, 2.75) is 26.3 Å². The number of aldehydes is 1. The van der Waals surface area contributed by atoms with Crippen LogP contribution in [0.1, 0.15) is 31.1 Å². The molecule has 0 aliphatic carbocycles. The van der Waals surface area contributed by atoms with Crippen molar-refractivity contribution in [3.63, 3.8) is 0 Å². The first-order chi connectivity index (χ1) is 8.84. The largest absolute Gasteiger partial charge is 0.298 e. The third kappa shape index (κ3) is 2.67. The molecule has 0 radical (unpaired) electrons. The molecule has 0 saturated heterocycles. The maximum Gasteiger partial charge on any atom is 0.155 e. The van der Waals surface area contributed by atoms with Gasteiger partial charge in [0.15, 0.2) is 6.29 Å². The average Bonchev–Trinajstić information content (AvgIpc) is 2.66. The van der Waals surface area contributed by atoms with Crippen LogP contribution < -0.4 is 0 Å². The van der Waals surface area contributed by atoms with Crippen LogP contribution in [-0.2, 0) is 5.54 Å². The van der Waals surface area contributed by atoms with Crippen LogP contribution in [0, 0.1) is 0 Å². The first-order valence-electron chi connectivity index (χ1n) is 5.84. The van der Waals surface area contributed by atoms with E-state index in [1.165, 1.54) is 0 Å². The molecule has 0 saturated carbocycles. The molecule has 0 fully saturated rings. The van der Waals surface area contributed by atoms with Gasteiger partial charge in [-0.25, -0.2) is 4.68 Å². The molecule has 100 valence electrons. The highest BCUT2D eigenvalue weighted by Crippen LogP contribution is 2.32. The molecule has 2 rings (SSSR count). The van der Waals surface area contributed by atoms with Crippen LogP contribution >= 0.6 is 23.2 Å². The van der Waals surface area contributed by atoms with E-state index in [2.05, 4.69) is 5.10 Å². The van der Waals surface area contributed by atoms with Crippen molar-refractivity contribution in [2.24, 2.45) is 0 Å². The van der Waals surface area contributed by atoms with Gasteiger partial charge in [0.05, 0.1) is 11.1 Å². The Hall–Kier alpha value is -1.32. The van der Waals surface area contributed by atoms with E-state index < -0.39 is 0 Å². The first-order valence-corrected chi connectivity index (χ1v) is 6.60. The van der Waals surface area contributed by atoms with E-state index >= 15 is 0 Å². The van der Waals surface area contributed by atoms with Gasteiger partial charge in [-0.1, -0.05) is 35.3 Å². The lowest BCUT2D eigenvalue weighted by atomic mass is 10.1. The summed E-state index contributed by atoms with van der Waals surface area (Å²) in [6, 6.07) is 7.20. The van der Waals surface area contributed by atoms with Gasteiger partial charge in [0.1, 0.15) is 10.8 Å². The summed E-state index contributed by atoms with van der Waals surface area (Å²) in [5.74, 6) is 0. The monoisotopic (exact) mass is 296 g/mol. The minimum Gasteiger partial charge on any atom is -0.298 e. The molecule has 1 heterocycles. The second-order valence-corrected chi connectivity index (χ2v) is 6.06. The summed E-state index contributed by atoms with van der Waals surface area (Å²) in [7, 11) is 0. The molecule has 0 bridgehead atoms. The van der Waals surface area contributed by atoms with Gasteiger partial charge in [0, 0.05) is 10.6 Å². The van der Waals surface area contributed by atoms with Gasteiger partial charge in [-0.15, -0.1) is 0 Å². The zero-order valence-corrected chi connectivity index (χ0v) is 12.5. The summed E-state index contributed by atoms with van der Waals surface area (Å²) < 4.78 is 1.65. The number of carbonyl (C=O) groups excluding carboxylic acids is 1. The molecular weight excluding hydrogens is 283 g/mol. The maximum absolute atomic E-state index is 11.3. The van der Waals surface area contributed by atoms with Crippen molar-refractivity contribution >= 4 is 29.5 Å².